The van der Waals surface area contributed by atoms with E-state index in [9.17, 15) is 0 Å². The Bertz CT molecular complexity index is 2540. The van der Waals surface area contributed by atoms with E-state index in [4.69, 9.17) is 9.98 Å². The zero-order chi connectivity index (χ0) is 34.4. The Morgan fingerprint density at radius 3 is 1.92 bits per heavy atom. The number of hydrogen-bond donors (Lipinski definition) is 0. The van der Waals surface area contributed by atoms with E-state index in [1.165, 1.54) is 21.7 Å². The molecule has 242 valence electrons. The number of fused-ring (bicyclic) bond motifs is 3. The molecule has 0 bridgehead atoms. The maximum atomic E-state index is 5.11. The molecule has 5 aromatic carbocycles. The first-order valence-corrected chi connectivity index (χ1v) is 17.1. The summed E-state index contributed by atoms with van der Waals surface area (Å²) >= 11 is 0. The number of aromatic nitrogens is 3. The van der Waals surface area contributed by atoms with Crippen molar-refractivity contribution in [1.29, 1.82) is 0 Å². The first-order chi connectivity index (χ1) is 25.2. The van der Waals surface area contributed by atoms with Crippen molar-refractivity contribution >= 4 is 39.2 Å². The number of nitrogens with zero attached hydrogens (tertiary/aromatic N) is 4. The van der Waals surface area contributed by atoms with Crippen LogP contribution < -0.4 is 0 Å². The zero-order valence-electron chi connectivity index (χ0n) is 28.2. The molecule has 3 heterocycles. The van der Waals surface area contributed by atoms with Gasteiger partial charge in [-0.2, -0.15) is 0 Å². The topological polar surface area (TPSA) is 51.0 Å². The summed E-state index contributed by atoms with van der Waals surface area (Å²) in [6.45, 7) is 1.97. The lowest BCUT2D eigenvalue weighted by molar-refractivity contribution is 1.24. The van der Waals surface area contributed by atoms with Crippen LogP contribution in [-0.2, 0) is 0 Å². The summed E-state index contributed by atoms with van der Waals surface area (Å²) in [7, 11) is 0. The zero-order valence-corrected chi connectivity index (χ0v) is 28.2. The Hall–Kier alpha value is -6.78. The molecule has 0 amide bonds. The monoisotopic (exact) mass is 654 g/mol. The summed E-state index contributed by atoms with van der Waals surface area (Å²) in [4.78, 5) is 19.1. The van der Waals surface area contributed by atoms with Crippen LogP contribution >= 0.6 is 0 Å². The highest BCUT2D eigenvalue weighted by atomic mass is 14.8. The molecular formula is C47H34N4. The van der Waals surface area contributed by atoms with Crippen LogP contribution in [0.5, 0.6) is 0 Å². The Labute approximate surface area is 297 Å². The van der Waals surface area contributed by atoms with Crippen molar-refractivity contribution in [2.75, 3.05) is 0 Å². The quantitative estimate of drug-likeness (QED) is 0.121. The normalized spacial score (nSPS) is 12.2. The van der Waals surface area contributed by atoms with Gasteiger partial charge in [-0.3, -0.25) is 9.97 Å². The second-order valence-electron chi connectivity index (χ2n) is 12.2. The molecule has 4 nitrogen and oxygen atoms in total. The SMILES string of the molecule is C\C=C(/N=C(\C=C\c1ccc(-c2ccc(-c3cc(-c4ccccc4)nc4ccc5ccccc5c34)cc2)cc1)c1ccccn1)c1ccccn1. The van der Waals surface area contributed by atoms with Crippen molar-refractivity contribution in [2.45, 2.75) is 6.92 Å². The summed E-state index contributed by atoms with van der Waals surface area (Å²) < 4.78 is 0. The van der Waals surface area contributed by atoms with Crippen molar-refractivity contribution in [2.24, 2.45) is 4.99 Å². The van der Waals surface area contributed by atoms with E-state index >= 15 is 0 Å². The largest absolute Gasteiger partial charge is 0.255 e. The summed E-state index contributed by atoms with van der Waals surface area (Å²) in [6, 6.07) is 54.7. The van der Waals surface area contributed by atoms with Gasteiger partial charge in [0.25, 0.3) is 0 Å². The molecule has 3 aromatic heterocycles. The highest BCUT2D eigenvalue weighted by molar-refractivity contribution is 6.14. The molecule has 0 fully saturated rings. The second-order valence-corrected chi connectivity index (χ2v) is 12.2. The molecule has 0 saturated heterocycles. The number of aliphatic imine (C=N–C) groups is 1. The average Bonchev–Trinajstić information content (AvgIpc) is 3.21. The summed E-state index contributed by atoms with van der Waals surface area (Å²) in [5, 5.41) is 3.59. The number of hydrogen-bond acceptors (Lipinski definition) is 4. The molecule has 0 atom stereocenters. The maximum absolute atomic E-state index is 5.11. The highest BCUT2D eigenvalue weighted by Crippen LogP contribution is 2.37. The van der Waals surface area contributed by atoms with Gasteiger partial charge in [0.1, 0.15) is 0 Å². The van der Waals surface area contributed by atoms with Crippen molar-refractivity contribution in [1.82, 2.24) is 15.0 Å². The first-order valence-electron chi connectivity index (χ1n) is 17.1. The molecule has 0 N–H and O–H groups in total. The van der Waals surface area contributed by atoms with E-state index in [0.717, 1.165) is 61.8 Å². The molecule has 0 saturated carbocycles. The van der Waals surface area contributed by atoms with E-state index in [0.29, 0.717) is 0 Å². The molecule has 0 unspecified atom stereocenters. The van der Waals surface area contributed by atoms with E-state index in [-0.39, 0.29) is 0 Å². The first kappa shape index (κ1) is 31.5. The van der Waals surface area contributed by atoms with Gasteiger partial charge in [0.05, 0.1) is 34.0 Å². The molecule has 51 heavy (non-hydrogen) atoms. The molecule has 8 rings (SSSR count). The highest BCUT2D eigenvalue weighted by Gasteiger charge is 2.13. The lowest BCUT2D eigenvalue weighted by Gasteiger charge is -2.13. The van der Waals surface area contributed by atoms with Crippen LogP contribution in [0.25, 0.3) is 67.0 Å². The summed E-state index contributed by atoms with van der Waals surface area (Å²) in [5.41, 5.74) is 12.0. The number of allylic oxidation sites excluding steroid dienone is 2. The van der Waals surface area contributed by atoms with E-state index < -0.39 is 0 Å². The van der Waals surface area contributed by atoms with Crippen molar-refractivity contribution in [3.63, 3.8) is 0 Å². The average molecular weight is 655 g/mol. The summed E-state index contributed by atoms with van der Waals surface area (Å²) in [6.07, 6.45) is 9.64. The van der Waals surface area contributed by atoms with Crippen LogP contribution in [0.15, 0.2) is 187 Å². The molecule has 0 radical (unpaired) electrons. The van der Waals surface area contributed by atoms with Gasteiger partial charge in [0, 0.05) is 23.3 Å². The van der Waals surface area contributed by atoms with Crippen LogP contribution in [0.4, 0.5) is 0 Å². The van der Waals surface area contributed by atoms with Crippen molar-refractivity contribution in [3.8, 4) is 33.5 Å². The Balaban J connectivity index is 1.10. The maximum Gasteiger partial charge on any atom is 0.0894 e. The standard InChI is InChI=1S/C47H34N4/c1-2-41(42-16-8-10-30-48-42)50-44(43-17-9-11-31-49-43)28-20-33-18-21-34(22-19-33)35-23-25-37(26-24-35)40-32-46(38-13-4-3-5-14-38)51-45-29-27-36-12-6-7-15-39(36)47(40)45/h2-32H,1H3/b28-20+,41-2-,50-44+. The van der Waals surface area contributed by atoms with E-state index in [2.05, 4.69) is 131 Å². The minimum atomic E-state index is 0.765. The van der Waals surface area contributed by atoms with Crippen LogP contribution in [0, 0.1) is 0 Å². The minimum Gasteiger partial charge on any atom is -0.255 e. The van der Waals surface area contributed by atoms with Gasteiger partial charge < -0.3 is 0 Å². The van der Waals surface area contributed by atoms with Gasteiger partial charge in [-0.1, -0.05) is 133 Å². The van der Waals surface area contributed by atoms with Crippen LogP contribution in [0.2, 0.25) is 0 Å². The minimum absolute atomic E-state index is 0.765. The van der Waals surface area contributed by atoms with Gasteiger partial charge >= 0.3 is 0 Å². The lowest BCUT2D eigenvalue weighted by atomic mass is 9.93. The van der Waals surface area contributed by atoms with Gasteiger partial charge in [-0.15, -0.1) is 0 Å². The molecular weight excluding hydrogens is 621 g/mol. The lowest BCUT2D eigenvalue weighted by Crippen LogP contribution is -2.01. The van der Waals surface area contributed by atoms with E-state index in [1.54, 1.807) is 12.4 Å². The van der Waals surface area contributed by atoms with Gasteiger partial charge in [-0.25, -0.2) is 9.98 Å². The smallest absolute Gasteiger partial charge is 0.0894 e. The number of benzene rings is 5. The number of pyridine rings is 3. The van der Waals surface area contributed by atoms with Gasteiger partial charge in [-0.05, 0) is 88.0 Å². The summed E-state index contributed by atoms with van der Waals surface area (Å²) in [5.74, 6) is 0. The third-order valence-corrected chi connectivity index (χ3v) is 9.01. The predicted octanol–water partition coefficient (Wildman–Crippen LogP) is 11.7. The predicted molar refractivity (Wildman–Crippen MR) is 213 cm³/mol. The van der Waals surface area contributed by atoms with Crippen LogP contribution in [-0.4, -0.2) is 20.7 Å². The third kappa shape index (κ3) is 6.76. The Morgan fingerprint density at radius 1 is 0.569 bits per heavy atom. The fourth-order valence-electron chi connectivity index (χ4n) is 6.40. The van der Waals surface area contributed by atoms with Crippen molar-refractivity contribution < 1.29 is 0 Å². The van der Waals surface area contributed by atoms with E-state index in [1.807, 2.05) is 61.5 Å². The molecule has 0 aliphatic heterocycles. The molecule has 8 aromatic rings. The molecule has 4 heteroatoms. The number of rotatable bonds is 8. The Morgan fingerprint density at radius 2 is 1.22 bits per heavy atom. The molecule has 0 spiro atoms. The second kappa shape index (κ2) is 14.4. The van der Waals surface area contributed by atoms with Crippen molar-refractivity contribution in [3.05, 3.63) is 199 Å². The van der Waals surface area contributed by atoms with Crippen LogP contribution in [0.3, 0.4) is 0 Å². The van der Waals surface area contributed by atoms with Gasteiger partial charge in [0.2, 0.25) is 0 Å². The fourth-order valence-corrected chi connectivity index (χ4v) is 6.40. The third-order valence-electron chi connectivity index (χ3n) is 9.01. The Kier molecular flexibility index (Phi) is 8.87. The fraction of sp³-hybridized carbons (Fsp3) is 0.0213. The van der Waals surface area contributed by atoms with Crippen LogP contribution in [0.1, 0.15) is 23.9 Å². The molecule has 0 aliphatic rings. The molecule has 0 aliphatic carbocycles. The van der Waals surface area contributed by atoms with Gasteiger partial charge in [0.15, 0.2) is 0 Å².